The number of benzene rings is 1. The number of nitrogens with two attached hydrogens (primary N) is 1. The lowest BCUT2D eigenvalue weighted by Gasteiger charge is -2.39. The van der Waals surface area contributed by atoms with Gasteiger partial charge in [0.15, 0.2) is 5.78 Å². The van der Waals surface area contributed by atoms with E-state index in [0.29, 0.717) is 24.8 Å². The molecule has 3 aromatic heterocycles. The van der Waals surface area contributed by atoms with Crippen LogP contribution in [-0.4, -0.2) is 41.9 Å². The summed E-state index contributed by atoms with van der Waals surface area (Å²) in [6, 6.07) is 5.92. The second-order valence-electron chi connectivity index (χ2n) is 11.6. The number of Topliss-reactive ketones (excluding diaryl/α,β-unsaturated/α-hetero) is 1. The Bertz CT molecular complexity index is 1590. The Balaban J connectivity index is 1.25. The standard InChI is InChI=1S/C31H31F3N6O2/c1-17-11-18(12-25(35)30(17)40-10-9-37-39-40)21-5-8-36-16-19(21)13-27(41)26-4-3-22(32)29(38-26)28-23(33)14-20(15-24(28)34)31(42)6-2-7-31/h3-5,8-10,14-18,25,30,42H,2,6-7,11-13,35H2,1H3/t17-,18+,25+,30-/m0/s1. The van der Waals surface area contributed by atoms with Crippen molar-refractivity contribution in [2.45, 2.75) is 69.1 Å². The highest BCUT2D eigenvalue weighted by Crippen LogP contribution is 2.43. The average molecular weight is 577 g/mol. The minimum absolute atomic E-state index is 0.00370. The Hall–Kier alpha value is -3.96. The maximum atomic E-state index is 15.1. The highest BCUT2D eigenvalue weighted by Gasteiger charge is 2.38. The number of aromatic nitrogens is 5. The van der Waals surface area contributed by atoms with Gasteiger partial charge >= 0.3 is 0 Å². The van der Waals surface area contributed by atoms with Crippen molar-refractivity contribution in [3.8, 4) is 11.3 Å². The van der Waals surface area contributed by atoms with Crippen LogP contribution in [0.4, 0.5) is 13.2 Å². The molecule has 218 valence electrons. The summed E-state index contributed by atoms with van der Waals surface area (Å²) < 4.78 is 46.9. The number of nitrogens with zero attached hydrogens (tertiary/aromatic N) is 5. The summed E-state index contributed by atoms with van der Waals surface area (Å²) in [5.74, 6) is -3.25. The molecule has 0 amide bonds. The first kappa shape index (κ1) is 28.2. The topological polar surface area (TPSA) is 120 Å². The maximum absolute atomic E-state index is 15.1. The molecule has 2 aliphatic rings. The molecule has 0 aliphatic heterocycles. The van der Waals surface area contributed by atoms with Crippen LogP contribution in [-0.2, 0) is 12.0 Å². The summed E-state index contributed by atoms with van der Waals surface area (Å²) in [7, 11) is 0. The second kappa shape index (κ2) is 11.0. The molecule has 3 N–H and O–H groups in total. The molecule has 0 spiro atoms. The first-order valence-corrected chi connectivity index (χ1v) is 14.1. The molecule has 42 heavy (non-hydrogen) atoms. The quantitative estimate of drug-likeness (QED) is 0.296. The number of rotatable bonds is 7. The zero-order chi connectivity index (χ0) is 29.6. The summed E-state index contributed by atoms with van der Waals surface area (Å²) in [5.41, 5.74) is 5.65. The molecule has 1 aromatic carbocycles. The molecule has 0 bridgehead atoms. The molecule has 2 fully saturated rings. The molecule has 0 radical (unpaired) electrons. The lowest BCUT2D eigenvalue weighted by Crippen LogP contribution is -2.42. The number of aliphatic hydroxyl groups is 1. The molecule has 0 saturated heterocycles. The predicted octanol–water partition coefficient (Wildman–Crippen LogP) is 5.03. The number of hydrogen-bond acceptors (Lipinski definition) is 7. The average Bonchev–Trinajstić information content (AvgIpc) is 3.46. The number of pyridine rings is 2. The van der Waals surface area contributed by atoms with E-state index < -0.39 is 40.1 Å². The van der Waals surface area contributed by atoms with Gasteiger partial charge in [0.05, 0.1) is 23.4 Å². The molecule has 0 unspecified atom stereocenters. The van der Waals surface area contributed by atoms with E-state index in [9.17, 15) is 14.3 Å². The van der Waals surface area contributed by atoms with Crippen molar-refractivity contribution < 1.29 is 23.1 Å². The van der Waals surface area contributed by atoms with E-state index in [-0.39, 0.29) is 41.6 Å². The van der Waals surface area contributed by atoms with Gasteiger partial charge in [0.25, 0.3) is 0 Å². The van der Waals surface area contributed by atoms with E-state index in [0.717, 1.165) is 36.6 Å². The van der Waals surface area contributed by atoms with Crippen molar-refractivity contribution in [2.75, 3.05) is 0 Å². The monoisotopic (exact) mass is 576 g/mol. The summed E-state index contributed by atoms with van der Waals surface area (Å²) in [6.07, 6.45) is 9.68. The van der Waals surface area contributed by atoms with Gasteiger partial charge in [0, 0.05) is 31.1 Å². The molecule has 4 atom stereocenters. The van der Waals surface area contributed by atoms with E-state index in [4.69, 9.17) is 5.73 Å². The zero-order valence-corrected chi connectivity index (χ0v) is 23.1. The van der Waals surface area contributed by atoms with Crippen LogP contribution in [0.15, 0.2) is 55.1 Å². The highest BCUT2D eigenvalue weighted by atomic mass is 19.1. The fraction of sp³-hybridized carbons (Fsp3) is 0.387. The van der Waals surface area contributed by atoms with Gasteiger partial charge in [-0.25, -0.2) is 22.8 Å². The SMILES string of the molecule is C[C@H]1C[C@@H](c2ccncc2CC(=O)c2ccc(F)c(-c3c(F)cc(C4(O)CCC4)cc3F)n2)C[C@@H](N)[C@H]1n1ccnn1. The number of hydrogen-bond donors (Lipinski definition) is 2. The van der Waals surface area contributed by atoms with E-state index in [1.807, 2.05) is 12.3 Å². The van der Waals surface area contributed by atoms with Crippen LogP contribution >= 0.6 is 0 Å². The second-order valence-corrected chi connectivity index (χ2v) is 11.6. The number of ketones is 1. The minimum atomic E-state index is -1.29. The molecular weight excluding hydrogens is 545 g/mol. The van der Waals surface area contributed by atoms with Crippen LogP contribution in [0.5, 0.6) is 0 Å². The summed E-state index contributed by atoms with van der Waals surface area (Å²) in [5, 5.41) is 18.6. The van der Waals surface area contributed by atoms with Gasteiger partial charge in [-0.2, -0.15) is 0 Å². The van der Waals surface area contributed by atoms with E-state index >= 15 is 8.78 Å². The van der Waals surface area contributed by atoms with Crippen molar-refractivity contribution in [2.24, 2.45) is 11.7 Å². The number of carbonyl (C=O) groups is 1. The Morgan fingerprint density at radius 3 is 2.50 bits per heavy atom. The lowest BCUT2D eigenvalue weighted by molar-refractivity contribution is -0.0392. The van der Waals surface area contributed by atoms with Crippen LogP contribution in [0.3, 0.4) is 0 Å². The van der Waals surface area contributed by atoms with Gasteiger partial charge in [-0.05, 0) is 91.0 Å². The third kappa shape index (κ3) is 5.11. The van der Waals surface area contributed by atoms with Gasteiger partial charge in [-0.1, -0.05) is 12.1 Å². The predicted molar refractivity (Wildman–Crippen MR) is 148 cm³/mol. The van der Waals surface area contributed by atoms with Gasteiger partial charge in [0.2, 0.25) is 0 Å². The highest BCUT2D eigenvalue weighted by molar-refractivity contribution is 5.96. The molecule has 2 saturated carbocycles. The molecule has 4 aromatic rings. The van der Waals surface area contributed by atoms with E-state index in [1.165, 1.54) is 6.07 Å². The first-order chi connectivity index (χ1) is 20.1. The Labute approximate surface area is 240 Å². The number of halogens is 3. The summed E-state index contributed by atoms with van der Waals surface area (Å²) >= 11 is 0. The van der Waals surface area contributed by atoms with Gasteiger partial charge in [-0.15, -0.1) is 5.10 Å². The molecule has 8 nitrogen and oxygen atoms in total. The first-order valence-electron chi connectivity index (χ1n) is 14.1. The zero-order valence-electron chi connectivity index (χ0n) is 23.1. The summed E-state index contributed by atoms with van der Waals surface area (Å²) in [6.45, 7) is 2.12. The molecular formula is C31H31F3N6O2. The summed E-state index contributed by atoms with van der Waals surface area (Å²) in [4.78, 5) is 21.7. The molecule has 6 rings (SSSR count). The molecule has 3 heterocycles. The minimum Gasteiger partial charge on any atom is -0.385 e. The Morgan fingerprint density at radius 2 is 1.86 bits per heavy atom. The van der Waals surface area contributed by atoms with Crippen molar-refractivity contribution in [1.29, 1.82) is 0 Å². The van der Waals surface area contributed by atoms with Crippen LogP contribution in [0.25, 0.3) is 11.3 Å². The van der Waals surface area contributed by atoms with Crippen LogP contribution in [0, 0.1) is 23.4 Å². The van der Waals surface area contributed by atoms with Crippen molar-refractivity contribution in [1.82, 2.24) is 25.0 Å². The van der Waals surface area contributed by atoms with Crippen molar-refractivity contribution in [3.63, 3.8) is 0 Å². The van der Waals surface area contributed by atoms with Crippen LogP contribution < -0.4 is 5.73 Å². The Morgan fingerprint density at radius 1 is 1.10 bits per heavy atom. The third-order valence-corrected chi connectivity index (χ3v) is 8.84. The lowest BCUT2D eigenvalue weighted by atomic mass is 9.72. The van der Waals surface area contributed by atoms with Crippen LogP contribution in [0.1, 0.15) is 78.2 Å². The van der Waals surface area contributed by atoms with Gasteiger partial charge in [-0.3, -0.25) is 9.78 Å². The van der Waals surface area contributed by atoms with E-state index in [1.54, 1.807) is 23.3 Å². The van der Waals surface area contributed by atoms with Gasteiger partial charge in [0.1, 0.15) is 28.8 Å². The smallest absolute Gasteiger partial charge is 0.185 e. The van der Waals surface area contributed by atoms with Crippen molar-refractivity contribution >= 4 is 5.78 Å². The normalized spacial score (nSPS) is 23.4. The van der Waals surface area contributed by atoms with Crippen LogP contribution in [0.2, 0.25) is 0 Å². The van der Waals surface area contributed by atoms with Gasteiger partial charge < -0.3 is 10.8 Å². The van der Waals surface area contributed by atoms with Crippen molar-refractivity contribution in [3.05, 3.63) is 95.0 Å². The molecule has 2 aliphatic carbocycles. The molecule has 11 heteroatoms. The largest absolute Gasteiger partial charge is 0.385 e. The third-order valence-electron chi connectivity index (χ3n) is 8.84. The fourth-order valence-electron chi connectivity index (χ4n) is 6.55. The number of carbonyl (C=O) groups excluding carboxylic acids is 1. The van der Waals surface area contributed by atoms with E-state index in [2.05, 4.69) is 27.2 Å². The fourth-order valence-corrected chi connectivity index (χ4v) is 6.55. The Kier molecular flexibility index (Phi) is 7.40. The maximum Gasteiger partial charge on any atom is 0.185 e.